The highest BCUT2D eigenvalue weighted by molar-refractivity contribution is 6.38. The first-order valence-corrected chi connectivity index (χ1v) is 8.88. The van der Waals surface area contributed by atoms with E-state index in [1.807, 2.05) is 37.4 Å². The first kappa shape index (κ1) is 17.3. The van der Waals surface area contributed by atoms with Crippen LogP contribution in [0.25, 0.3) is 0 Å². The van der Waals surface area contributed by atoms with E-state index in [0.29, 0.717) is 0 Å². The van der Waals surface area contributed by atoms with Gasteiger partial charge in [0.25, 0.3) is 0 Å². The fourth-order valence-electron chi connectivity index (χ4n) is 3.24. The van der Waals surface area contributed by atoms with Gasteiger partial charge in [0.1, 0.15) is 5.72 Å². The molecule has 3 atom stereocenters. The van der Waals surface area contributed by atoms with E-state index in [0.717, 1.165) is 49.4 Å². The van der Waals surface area contributed by atoms with Gasteiger partial charge in [0.15, 0.2) is 0 Å². The third-order valence-corrected chi connectivity index (χ3v) is 5.16. The van der Waals surface area contributed by atoms with Crippen LogP contribution in [0.15, 0.2) is 34.3 Å². The Bertz CT molecular complexity index is 613. The van der Waals surface area contributed by atoms with Gasteiger partial charge in [0.05, 0.1) is 17.8 Å². The van der Waals surface area contributed by atoms with E-state index < -0.39 is 5.72 Å². The van der Waals surface area contributed by atoms with E-state index in [4.69, 9.17) is 4.99 Å². The topological polar surface area (TPSA) is 60.2 Å². The van der Waals surface area contributed by atoms with Crippen LogP contribution in [0.3, 0.4) is 0 Å². The highest BCUT2D eigenvalue weighted by atomic mass is 16.3. The summed E-state index contributed by atoms with van der Waals surface area (Å²) in [5, 5.41) is 14.4. The molecule has 0 radical (unpaired) electrons. The van der Waals surface area contributed by atoms with Gasteiger partial charge in [0, 0.05) is 31.4 Å². The van der Waals surface area contributed by atoms with Gasteiger partial charge >= 0.3 is 0 Å². The molecule has 0 bridgehead atoms. The van der Waals surface area contributed by atoms with Crippen molar-refractivity contribution in [3.8, 4) is 0 Å². The SMILES string of the molecule is CC1N=CC(c2ccc(C(C)(O)N3CCCNCC3)cc2)=NC1C. The van der Waals surface area contributed by atoms with Crippen molar-refractivity contribution in [3.63, 3.8) is 0 Å². The van der Waals surface area contributed by atoms with Crippen LogP contribution in [0.4, 0.5) is 0 Å². The van der Waals surface area contributed by atoms with Crippen LogP contribution < -0.4 is 5.32 Å². The van der Waals surface area contributed by atoms with Crippen LogP contribution >= 0.6 is 0 Å². The minimum absolute atomic E-state index is 0.206. The molecular weight excluding hydrogens is 300 g/mol. The highest BCUT2D eigenvalue weighted by Gasteiger charge is 2.31. The fraction of sp³-hybridized carbons (Fsp3) is 0.579. The molecule has 0 aromatic heterocycles. The summed E-state index contributed by atoms with van der Waals surface area (Å²) in [6.07, 6.45) is 2.91. The average Bonchev–Trinajstić information content (AvgIpc) is 2.87. The molecule has 2 N–H and O–H groups in total. The number of nitrogens with one attached hydrogen (secondary N) is 1. The van der Waals surface area contributed by atoms with Crippen molar-refractivity contribution < 1.29 is 5.11 Å². The predicted octanol–water partition coefficient (Wildman–Crippen LogP) is 1.80. The largest absolute Gasteiger partial charge is 0.372 e. The zero-order valence-electron chi connectivity index (χ0n) is 14.9. The van der Waals surface area contributed by atoms with Gasteiger partial charge in [-0.25, -0.2) is 0 Å². The van der Waals surface area contributed by atoms with Crippen molar-refractivity contribution in [1.29, 1.82) is 0 Å². The van der Waals surface area contributed by atoms with Crippen molar-refractivity contribution >= 4 is 11.9 Å². The average molecular weight is 328 g/mol. The summed E-state index contributed by atoms with van der Waals surface area (Å²) < 4.78 is 0. The number of aliphatic hydroxyl groups is 1. The van der Waals surface area contributed by atoms with Crippen LogP contribution in [-0.4, -0.2) is 60.2 Å². The van der Waals surface area contributed by atoms with Crippen LogP contribution in [0.2, 0.25) is 0 Å². The van der Waals surface area contributed by atoms with E-state index >= 15 is 0 Å². The Morgan fingerprint density at radius 1 is 1.12 bits per heavy atom. The van der Waals surface area contributed by atoms with Crippen LogP contribution in [0.5, 0.6) is 0 Å². The smallest absolute Gasteiger partial charge is 0.141 e. The molecular formula is C19H28N4O. The summed E-state index contributed by atoms with van der Waals surface area (Å²) in [5.74, 6) is 0. The Kier molecular flexibility index (Phi) is 5.13. The molecule has 1 aromatic rings. The number of rotatable bonds is 3. The first-order chi connectivity index (χ1) is 11.5. The molecule has 0 saturated carbocycles. The first-order valence-electron chi connectivity index (χ1n) is 8.88. The molecule has 1 fully saturated rings. The molecule has 5 nitrogen and oxygen atoms in total. The van der Waals surface area contributed by atoms with Crippen molar-refractivity contribution in [1.82, 2.24) is 10.2 Å². The molecule has 130 valence electrons. The van der Waals surface area contributed by atoms with Crippen molar-refractivity contribution in [2.45, 2.75) is 45.0 Å². The second-order valence-electron chi connectivity index (χ2n) is 6.96. The van der Waals surface area contributed by atoms with Gasteiger partial charge in [-0.2, -0.15) is 0 Å². The summed E-state index contributed by atoms with van der Waals surface area (Å²) in [7, 11) is 0. The zero-order chi connectivity index (χ0) is 17.2. The lowest BCUT2D eigenvalue weighted by molar-refractivity contribution is -0.0976. The summed E-state index contributed by atoms with van der Waals surface area (Å²) in [4.78, 5) is 11.4. The standard InChI is InChI=1S/C19H28N4O/c1-14-15(2)22-18(13-21-14)16-5-7-17(8-6-16)19(3,24)23-11-4-9-20-10-12-23/h5-8,13-15,20,24H,4,9-12H2,1-3H3. The third-order valence-electron chi connectivity index (χ3n) is 5.16. The van der Waals surface area contributed by atoms with Crippen LogP contribution in [0.1, 0.15) is 38.3 Å². The summed E-state index contributed by atoms with van der Waals surface area (Å²) >= 11 is 0. The van der Waals surface area contributed by atoms with E-state index in [-0.39, 0.29) is 12.1 Å². The molecule has 0 aliphatic carbocycles. The summed E-state index contributed by atoms with van der Waals surface area (Å²) in [6, 6.07) is 8.53. The summed E-state index contributed by atoms with van der Waals surface area (Å²) in [6.45, 7) is 9.74. The van der Waals surface area contributed by atoms with Crippen molar-refractivity contribution in [2.24, 2.45) is 9.98 Å². The molecule has 24 heavy (non-hydrogen) atoms. The van der Waals surface area contributed by atoms with Crippen LogP contribution in [-0.2, 0) is 5.72 Å². The van der Waals surface area contributed by atoms with E-state index in [1.54, 1.807) is 0 Å². The second kappa shape index (κ2) is 7.13. The molecule has 5 heteroatoms. The fourth-order valence-corrected chi connectivity index (χ4v) is 3.24. The number of nitrogens with zero attached hydrogens (tertiary/aromatic N) is 3. The van der Waals surface area contributed by atoms with Gasteiger partial charge in [-0.1, -0.05) is 24.3 Å². The maximum atomic E-state index is 11.1. The highest BCUT2D eigenvalue weighted by Crippen LogP contribution is 2.26. The minimum Gasteiger partial charge on any atom is -0.372 e. The lowest BCUT2D eigenvalue weighted by Gasteiger charge is -2.36. The van der Waals surface area contributed by atoms with Gasteiger partial charge in [-0.05, 0) is 39.3 Å². The molecule has 3 unspecified atom stereocenters. The lowest BCUT2D eigenvalue weighted by Crippen LogP contribution is -2.45. The van der Waals surface area contributed by atoms with Crippen molar-refractivity contribution in [2.75, 3.05) is 26.2 Å². The number of hydrogen-bond acceptors (Lipinski definition) is 5. The number of benzene rings is 1. The molecule has 1 aromatic carbocycles. The van der Waals surface area contributed by atoms with Gasteiger partial charge in [-0.15, -0.1) is 0 Å². The number of aliphatic imine (C=N–C) groups is 2. The zero-order valence-corrected chi connectivity index (χ0v) is 14.9. The Labute approximate surface area is 144 Å². The van der Waals surface area contributed by atoms with Gasteiger partial charge in [0.2, 0.25) is 0 Å². The predicted molar refractivity (Wildman–Crippen MR) is 99.0 cm³/mol. The minimum atomic E-state index is -0.950. The quantitative estimate of drug-likeness (QED) is 0.889. The number of hydrogen-bond donors (Lipinski definition) is 2. The summed E-state index contributed by atoms with van der Waals surface area (Å²) in [5.41, 5.74) is 1.94. The molecule has 0 spiro atoms. The molecule has 2 aliphatic rings. The maximum Gasteiger partial charge on any atom is 0.141 e. The molecule has 3 rings (SSSR count). The van der Waals surface area contributed by atoms with E-state index in [2.05, 4.69) is 29.1 Å². The monoisotopic (exact) mass is 328 g/mol. The van der Waals surface area contributed by atoms with Gasteiger partial charge in [-0.3, -0.25) is 14.9 Å². The van der Waals surface area contributed by atoms with Crippen molar-refractivity contribution in [3.05, 3.63) is 35.4 Å². The Morgan fingerprint density at radius 2 is 1.88 bits per heavy atom. The van der Waals surface area contributed by atoms with Gasteiger partial charge < -0.3 is 10.4 Å². The molecule has 2 heterocycles. The molecule has 2 aliphatic heterocycles. The lowest BCUT2D eigenvalue weighted by atomic mass is 9.99. The Balaban J connectivity index is 1.78. The third kappa shape index (κ3) is 3.58. The Hall–Kier alpha value is -1.56. The van der Waals surface area contributed by atoms with E-state index in [9.17, 15) is 5.11 Å². The van der Waals surface area contributed by atoms with Crippen LogP contribution in [0, 0.1) is 0 Å². The molecule has 0 amide bonds. The second-order valence-corrected chi connectivity index (χ2v) is 6.96. The van der Waals surface area contributed by atoms with E-state index in [1.165, 1.54) is 0 Å². The maximum absolute atomic E-state index is 11.1. The molecule has 1 saturated heterocycles. The normalized spacial score (nSPS) is 28.1. The Morgan fingerprint density at radius 3 is 2.58 bits per heavy atom.